The van der Waals surface area contributed by atoms with Gasteiger partial charge in [0, 0.05) is 6.92 Å². The van der Waals surface area contributed by atoms with Crippen molar-refractivity contribution in [2.24, 2.45) is 0 Å². The van der Waals surface area contributed by atoms with Crippen molar-refractivity contribution in [1.82, 2.24) is 5.32 Å². The lowest BCUT2D eigenvalue weighted by Crippen LogP contribution is -2.35. The highest BCUT2D eigenvalue weighted by Crippen LogP contribution is 2.15. The summed E-state index contributed by atoms with van der Waals surface area (Å²) in [5.74, 6) is -0.132. The molecule has 0 unspecified atom stereocenters. The Morgan fingerprint density at radius 1 is 1.36 bits per heavy atom. The van der Waals surface area contributed by atoms with Crippen LogP contribution in [0.5, 0.6) is 0 Å². The summed E-state index contributed by atoms with van der Waals surface area (Å²) in [4.78, 5) is 10.8. The predicted octanol–water partition coefficient (Wildman–Crippen LogP) is 1.24. The highest BCUT2D eigenvalue weighted by Gasteiger charge is 2.16. The molecule has 0 bridgehead atoms. The van der Waals surface area contributed by atoms with Crippen LogP contribution in [-0.4, -0.2) is 17.1 Å². The van der Waals surface area contributed by atoms with Crippen molar-refractivity contribution in [1.29, 1.82) is 0 Å². The predicted molar refractivity (Wildman–Crippen MR) is 54.7 cm³/mol. The highest BCUT2D eigenvalue weighted by atomic mass is 16.3. The molecular weight excluding hydrogens is 178 g/mol. The van der Waals surface area contributed by atoms with Gasteiger partial charge in [0.1, 0.15) is 0 Å². The van der Waals surface area contributed by atoms with E-state index in [0.717, 1.165) is 5.56 Å². The summed E-state index contributed by atoms with van der Waals surface area (Å²) in [5.41, 5.74) is 0.814. The van der Waals surface area contributed by atoms with E-state index in [-0.39, 0.29) is 11.9 Å². The van der Waals surface area contributed by atoms with Gasteiger partial charge in [-0.2, -0.15) is 0 Å². The number of amides is 1. The molecule has 14 heavy (non-hydrogen) atoms. The average Bonchev–Trinajstić information content (AvgIpc) is 2.17. The number of hydrogen-bond acceptors (Lipinski definition) is 2. The standard InChI is InChI=1S/C11H15NO2/c1-8(12-9(2)13)11(14)10-6-4-3-5-7-10/h3-8,11,14H,1-2H3,(H,12,13)/t8-,11+/m1/s1. The third kappa shape index (κ3) is 2.85. The maximum Gasteiger partial charge on any atom is 0.217 e. The molecule has 0 spiro atoms. The van der Waals surface area contributed by atoms with E-state index in [4.69, 9.17) is 0 Å². The zero-order valence-electron chi connectivity index (χ0n) is 8.40. The van der Waals surface area contributed by atoms with Gasteiger partial charge in [-0.1, -0.05) is 30.3 Å². The van der Waals surface area contributed by atoms with Crippen LogP contribution in [0.2, 0.25) is 0 Å². The Hall–Kier alpha value is -1.35. The van der Waals surface area contributed by atoms with Gasteiger partial charge in [-0.15, -0.1) is 0 Å². The Balaban J connectivity index is 2.65. The number of benzene rings is 1. The molecule has 0 aliphatic carbocycles. The molecule has 0 heterocycles. The minimum absolute atomic E-state index is 0.132. The Kier molecular flexibility index (Phi) is 3.65. The summed E-state index contributed by atoms with van der Waals surface area (Å²) in [6, 6.07) is 9.01. The van der Waals surface area contributed by atoms with Crippen LogP contribution in [0, 0.1) is 0 Å². The number of aliphatic hydroxyl groups excluding tert-OH is 1. The second-order valence-electron chi connectivity index (χ2n) is 3.34. The molecular formula is C11H15NO2. The van der Waals surface area contributed by atoms with Gasteiger partial charge in [0.15, 0.2) is 0 Å². The van der Waals surface area contributed by atoms with Gasteiger partial charge in [-0.3, -0.25) is 4.79 Å². The van der Waals surface area contributed by atoms with Crippen LogP contribution in [0.3, 0.4) is 0 Å². The van der Waals surface area contributed by atoms with Crippen LogP contribution in [0.25, 0.3) is 0 Å². The van der Waals surface area contributed by atoms with Crippen molar-refractivity contribution >= 4 is 5.91 Å². The number of rotatable bonds is 3. The topological polar surface area (TPSA) is 49.3 Å². The van der Waals surface area contributed by atoms with E-state index < -0.39 is 6.10 Å². The second-order valence-corrected chi connectivity index (χ2v) is 3.34. The first kappa shape index (κ1) is 10.7. The summed E-state index contributed by atoms with van der Waals surface area (Å²) in [6.45, 7) is 3.22. The minimum atomic E-state index is -0.653. The number of hydrogen-bond donors (Lipinski definition) is 2. The molecule has 1 aromatic carbocycles. The molecule has 1 rings (SSSR count). The lowest BCUT2D eigenvalue weighted by atomic mass is 10.0. The van der Waals surface area contributed by atoms with E-state index in [1.165, 1.54) is 6.92 Å². The van der Waals surface area contributed by atoms with Crippen LogP contribution in [0.1, 0.15) is 25.5 Å². The molecule has 0 aliphatic rings. The van der Waals surface area contributed by atoms with Crippen molar-refractivity contribution in [3.8, 4) is 0 Å². The van der Waals surface area contributed by atoms with Gasteiger partial charge in [-0.25, -0.2) is 0 Å². The Bertz CT molecular complexity index is 297. The van der Waals surface area contributed by atoms with Gasteiger partial charge < -0.3 is 10.4 Å². The van der Waals surface area contributed by atoms with Gasteiger partial charge in [0.2, 0.25) is 5.91 Å². The van der Waals surface area contributed by atoms with E-state index in [1.807, 2.05) is 30.3 Å². The third-order valence-corrected chi connectivity index (χ3v) is 2.05. The summed E-state index contributed by atoms with van der Waals surface area (Å²) in [5, 5.41) is 12.5. The largest absolute Gasteiger partial charge is 0.386 e. The summed E-state index contributed by atoms with van der Waals surface area (Å²) in [7, 11) is 0. The first-order valence-corrected chi connectivity index (χ1v) is 4.61. The maximum atomic E-state index is 10.8. The lowest BCUT2D eigenvalue weighted by molar-refractivity contribution is -0.120. The van der Waals surface area contributed by atoms with E-state index in [1.54, 1.807) is 6.92 Å². The number of carbonyl (C=O) groups is 1. The zero-order chi connectivity index (χ0) is 10.6. The van der Waals surface area contributed by atoms with Crippen LogP contribution < -0.4 is 5.32 Å². The molecule has 0 radical (unpaired) electrons. The van der Waals surface area contributed by atoms with Crippen LogP contribution in [0.4, 0.5) is 0 Å². The average molecular weight is 193 g/mol. The van der Waals surface area contributed by atoms with Crippen LogP contribution in [-0.2, 0) is 4.79 Å². The molecule has 3 heteroatoms. The summed E-state index contributed by atoms with van der Waals surface area (Å²) in [6.07, 6.45) is -0.653. The van der Waals surface area contributed by atoms with E-state index >= 15 is 0 Å². The molecule has 0 aliphatic heterocycles. The maximum absolute atomic E-state index is 10.8. The van der Waals surface area contributed by atoms with E-state index in [9.17, 15) is 9.90 Å². The Labute approximate surface area is 83.8 Å². The molecule has 1 aromatic rings. The van der Waals surface area contributed by atoms with Gasteiger partial charge in [-0.05, 0) is 12.5 Å². The molecule has 0 fully saturated rings. The number of aliphatic hydroxyl groups is 1. The van der Waals surface area contributed by atoms with Gasteiger partial charge in [0.25, 0.3) is 0 Å². The van der Waals surface area contributed by atoms with Crippen molar-refractivity contribution in [2.45, 2.75) is 26.0 Å². The smallest absolute Gasteiger partial charge is 0.217 e. The summed E-state index contributed by atoms with van der Waals surface area (Å²) < 4.78 is 0. The van der Waals surface area contributed by atoms with E-state index in [2.05, 4.69) is 5.32 Å². The highest BCUT2D eigenvalue weighted by molar-refractivity contribution is 5.73. The molecule has 0 saturated heterocycles. The quantitative estimate of drug-likeness (QED) is 0.759. The molecule has 2 atom stereocenters. The SMILES string of the molecule is CC(=O)N[C@H](C)[C@H](O)c1ccccc1. The Morgan fingerprint density at radius 3 is 2.43 bits per heavy atom. The summed E-state index contributed by atoms with van der Waals surface area (Å²) >= 11 is 0. The fourth-order valence-corrected chi connectivity index (χ4v) is 1.34. The Morgan fingerprint density at radius 2 is 1.93 bits per heavy atom. The third-order valence-electron chi connectivity index (χ3n) is 2.05. The lowest BCUT2D eigenvalue weighted by Gasteiger charge is -2.19. The second kappa shape index (κ2) is 4.77. The van der Waals surface area contributed by atoms with Crippen LogP contribution >= 0.6 is 0 Å². The number of nitrogens with one attached hydrogen (secondary N) is 1. The monoisotopic (exact) mass is 193 g/mol. The molecule has 2 N–H and O–H groups in total. The van der Waals surface area contributed by atoms with Crippen molar-refractivity contribution in [2.75, 3.05) is 0 Å². The first-order valence-electron chi connectivity index (χ1n) is 4.61. The molecule has 0 saturated carbocycles. The van der Waals surface area contributed by atoms with Crippen LogP contribution in [0.15, 0.2) is 30.3 Å². The van der Waals surface area contributed by atoms with E-state index in [0.29, 0.717) is 0 Å². The zero-order valence-corrected chi connectivity index (χ0v) is 8.40. The molecule has 3 nitrogen and oxygen atoms in total. The van der Waals surface area contributed by atoms with Gasteiger partial charge in [0.05, 0.1) is 12.1 Å². The van der Waals surface area contributed by atoms with Gasteiger partial charge >= 0.3 is 0 Å². The molecule has 0 aromatic heterocycles. The normalized spacial score (nSPS) is 14.5. The number of carbonyl (C=O) groups excluding carboxylic acids is 1. The fourth-order valence-electron chi connectivity index (χ4n) is 1.34. The molecule has 76 valence electrons. The fraction of sp³-hybridized carbons (Fsp3) is 0.364. The minimum Gasteiger partial charge on any atom is -0.386 e. The molecule has 1 amide bonds. The van der Waals surface area contributed by atoms with Crippen molar-refractivity contribution in [3.05, 3.63) is 35.9 Å². The van der Waals surface area contributed by atoms with Crippen molar-refractivity contribution < 1.29 is 9.90 Å². The van der Waals surface area contributed by atoms with Crippen molar-refractivity contribution in [3.63, 3.8) is 0 Å². The first-order chi connectivity index (χ1) is 6.61.